The number of hydrogen-bond acceptors (Lipinski definition) is 3. The van der Waals surface area contributed by atoms with Crippen LogP contribution in [0.25, 0.3) is 0 Å². The van der Waals surface area contributed by atoms with E-state index in [4.69, 9.17) is 0 Å². The van der Waals surface area contributed by atoms with Gasteiger partial charge in [0.25, 0.3) is 0 Å². The second kappa shape index (κ2) is 7.63. The van der Waals surface area contributed by atoms with Crippen LogP contribution in [-0.2, 0) is 0 Å². The van der Waals surface area contributed by atoms with E-state index in [1.807, 2.05) is 19.2 Å². The molecule has 1 aromatic carbocycles. The van der Waals surface area contributed by atoms with E-state index in [1.165, 1.54) is 11.1 Å². The summed E-state index contributed by atoms with van der Waals surface area (Å²) in [7, 11) is 2.02. The zero-order valence-corrected chi connectivity index (χ0v) is 12.6. The average molecular weight is 265 g/mol. The van der Waals surface area contributed by atoms with Crippen molar-refractivity contribution in [3.63, 3.8) is 0 Å². The molecule has 0 spiro atoms. The summed E-state index contributed by atoms with van der Waals surface area (Å²) in [5, 5.41) is 19.5. The Hall–Kier alpha value is -0.900. The summed E-state index contributed by atoms with van der Waals surface area (Å²) >= 11 is 0. The maximum Gasteiger partial charge on any atom is 0.0802 e. The Morgan fingerprint density at radius 3 is 2.05 bits per heavy atom. The SMILES string of the molecule is Cc1cc(C)cc(C(O)CCN(C)CCC(C)O)c1. The van der Waals surface area contributed by atoms with Gasteiger partial charge in [0.15, 0.2) is 0 Å². The summed E-state index contributed by atoms with van der Waals surface area (Å²) in [6, 6.07) is 6.21. The van der Waals surface area contributed by atoms with Crippen molar-refractivity contribution in [2.24, 2.45) is 0 Å². The van der Waals surface area contributed by atoms with Gasteiger partial charge in [0.1, 0.15) is 0 Å². The average Bonchev–Trinajstić information content (AvgIpc) is 2.32. The van der Waals surface area contributed by atoms with Crippen molar-refractivity contribution in [2.75, 3.05) is 20.1 Å². The summed E-state index contributed by atoms with van der Waals surface area (Å²) in [5.41, 5.74) is 3.38. The van der Waals surface area contributed by atoms with Crippen molar-refractivity contribution in [3.8, 4) is 0 Å². The highest BCUT2D eigenvalue weighted by Gasteiger charge is 2.10. The molecule has 0 aliphatic rings. The lowest BCUT2D eigenvalue weighted by atomic mass is 10.0. The Morgan fingerprint density at radius 2 is 1.53 bits per heavy atom. The molecule has 0 saturated heterocycles. The van der Waals surface area contributed by atoms with E-state index in [0.29, 0.717) is 0 Å². The number of hydrogen-bond donors (Lipinski definition) is 2. The molecule has 1 aromatic rings. The van der Waals surface area contributed by atoms with Gasteiger partial charge in [0.2, 0.25) is 0 Å². The lowest BCUT2D eigenvalue weighted by Crippen LogP contribution is -2.24. The molecule has 2 unspecified atom stereocenters. The molecule has 0 aliphatic heterocycles. The van der Waals surface area contributed by atoms with Crippen LogP contribution in [0.5, 0.6) is 0 Å². The summed E-state index contributed by atoms with van der Waals surface area (Å²) in [6.45, 7) is 7.60. The Labute approximate surface area is 116 Å². The Balaban J connectivity index is 2.44. The van der Waals surface area contributed by atoms with Crippen molar-refractivity contribution < 1.29 is 10.2 Å². The van der Waals surface area contributed by atoms with Crippen molar-refractivity contribution in [3.05, 3.63) is 34.9 Å². The summed E-state index contributed by atoms with van der Waals surface area (Å²) in [6.07, 6.45) is 0.828. The molecule has 0 aliphatic carbocycles. The van der Waals surface area contributed by atoms with Crippen molar-refractivity contribution in [1.82, 2.24) is 4.90 Å². The monoisotopic (exact) mass is 265 g/mol. The van der Waals surface area contributed by atoms with Gasteiger partial charge in [0, 0.05) is 13.1 Å². The molecule has 0 amide bonds. The van der Waals surface area contributed by atoms with E-state index in [-0.39, 0.29) is 6.10 Å². The predicted octanol–water partition coefficient (Wildman–Crippen LogP) is 2.43. The first-order valence-electron chi connectivity index (χ1n) is 7.01. The number of aliphatic hydroxyl groups is 2. The molecule has 0 bridgehead atoms. The van der Waals surface area contributed by atoms with Gasteiger partial charge in [0.05, 0.1) is 12.2 Å². The fraction of sp³-hybridized carbons (Fsp3) is 0.625. The van der Waals surface area contributed by atoms with Gasteiger partial charge in [-0.3, -0.25) is 0 Å². The van der Waals surface area contributed by atoms with E-state index in [9.17, 15) is 10.2 Å². The van der Waals surface area contributed by atoms with Gasteiger partial charge < -0.3 is 15.1 Å². The first-order valence-corrected chi connectivity index (χ1v) is 7.01. The van der Waals surface area contributed by atoms with Gasteiger partial charge in [-0.2, -0.15) is 0 Å². The first kappa shape index (κ1) is 16.2. The maximum atomic E-state index is 10.2. The van der Waals surface area contributed by atoms with Crippen LogP contribution in [0.3, 0.4) is 0 Å². The van der Waals surface area contributed by atoms with E-state index in [1.54, 1.807) is 6.92 Å². The Kier molecular flexibility index (Phi) is 6.49. The molecule has 0 fully saturated rings. The Bertz CT molecular complexity index is 370. The van der Waals surface area contributed by atoms with E-state index >= 15 is 0 Å². The van der Waals surface area contributed by atoms with Gasteiger partial charge in [-0.25, -0.2) is 0 Å². The second-order valence-corrected chi connectivity index (χ2v) is 5.67. The molecular weight excluding hydrogens is 238 g/mol. The van der Waals surface area contributed by atoms with Gasteiger partial charge >= 0.3 is 0 Å². The second-order valence-electron chi connectivity index (χ2n) is 5.67. The molecular formula is C16H27NO2. The highest BCUT2D eigenvalue weighted by Crippen LogP contribution is 2.20. The van der Waals surface area contributed by atoms with Crippen LogP contribution < -0.4 is 0 Å². The molecule has 2 atom stereocenters. The molecule has 3 heteroatoms. The van der Waals surface area contributed by atoms with Crippen LogP contribution in [0.2, 0.25) is 0 Å². The molecule has 0 aromatic heterocycles. The molecule has 3 nitrogen and oxygen atoms in total. The van der Waals surface area contributed by atoms with Crippen LogP contribution in [-0.4, -0.2) is 41.4 Å². The fourth-order valence-electron chi connectivity index (χ4n) is 2.23. The van der Waals surface area contributed by atoms with Crippen molar-refractivity contribution in [2.45, 2.75) is 45.8 Å². The van der Waals surface area contributed by atoms with Crippen molar-refractivity contribution >= 4 is 0 Å². The minimum Gasteiger partial charge on any atom is -0.393 e. The largest absolute Gasteiger partial charge is 0.393 e. The summed E-state index contributed by atoms with van der Waals surface area (Å²) in [4.78, 5) is 2.15. The molecule has 1 rings (SSSR count). The first-order chi connectivity index (χ1) is 8.88. The molecule has 108 valence electrons. The zero-order chi connectivity index (χ0) is 14.4. The van der Waals surface area contributed by atoms with Gasteiger partial charge in [-0.05, 0) is 46.2 Å². The molecule has 2 N–H and O–H groups in total. The van der Waals surface area contributed by atoms with Crippen LogP contribution in [0, 0.1) is 13.8 Å². The van der Waals surface area contributed by atoms with E-state index < -0.39 is 6.10 Å². The van der Waals surface area contributed by atoms with Gasteiger partial charge in [-0.15, -0.1) is 0 Å². The standard InChI is InChI=1S/C16H27NO2/c1-12-9-13(2)11-15(10-12)16(19)6-8-17(4)7-5-14(3)18/h9-11,14,16,18-19H,5-8H2,1-4H3. The van der Waals surface area contributed by atoms with E-state index in [0.717, 1.165) is 31.5 Å². The third-order valence-corrected chi connectivity index (χ3v) is 3.34. The topological polar surface area (TPSA) is 43.7 Å². The normalized spacial score (nSPS) is 14.7. The third kappa shape index (κ3) is 6.19. The smallest absolute Gasteiger partial charge is 0.0802 e. The number of benzene rings is 1. The zero-order valence-electron chi connectivity index (χ0n) is 12.6. The molecule has 0 heterocycles. The number of aliphatic hydroxyl groups excluding tert-OH is 2. The lowest BCUT2D eigenvalue weighted by molar-refractivity contribution is 0.136. The molecule has 0 radical (unpaired) electrons. The Morgan fingerprint density at radius 1 is 1.00 bits per heavy atom. The number of aryl methyl sites for hydroxylation is 2. The summed E-state index contributed by atoms with van der Waals surface area (Å²) < 4.78 is 0. The lowest BCUT2D eigenvalue weighted by Gasteiger charge is -2.20. The van der Waals surface area contributed by atoms with Crippen molar-refractivity contribution in [1.29, 1.82) is 0 Å². The number of nitrogens with zero attached hydrogens (tertiary/aromatic N) is 1. The third-order valence-electron chi connectivity index (χ3n) is 3.34. The van der Waals surface area contributed by atoms with Crippen LogP contribution in [0.4, 0.5) is 0 Å². The highest BCUT2D eigenvalue weighted by molar-refractivity contribution is 5.29. The molecule has 0 saturated carbocycles. The summed E-state index contributed by atoms with van der Waals surface area (Å²) in [5.74, 6) is 0. The van der Waals surface area contributed by atoms with Crippen LogP contribution >= 0.6 is 0 Å². The van der Waals surface area contributed by atoms with Gasteiger partial charge in [-0.1, -0.05) is 29.3 Å². The van der Waals surface area contributed by atoms with Crippen LogP contribution in [0.15, 0.2) is 18.2 Å². The fourth-order valence-corrected chi connectivity index (χ4v) is 2.23. The maximum absolute atomic E-state index is 10.2. The van der Waals surface area contributed by atoms with Crippen LogP contribution in [0.1, 0.15) is 42.6 Å². The van der Waals surface area contributed by atoms with E-state index in [2.05, 4.69) is 24.8 Å². The number of rotatable bonds is 7. The quantitative estimate of drug-likeness (QED) is 0.796. The predicted molar refractivity (Wildman–Crippen MR) is 79.3 cm³/mol. The highest BCUT2D eigenvalue weighted by atomic mass is 16.3. The minimum absolute atomic E-state index is 0.258. The molecule has 19 heavy (non-hydrogen) atoms. The minimum atomic E-state index is -0.410.